The second kappa shape index (κ2) is 27.5. The van der Waals surface area contributed by atoms with Crippen LogP contribution in [-0.4, -0.2) is 71.7 Å². The Labute approximate surface area is 255 Å². The van der Waals surface area contributed by atoms with Crippen molar-refractivity contribution in [2.24, 2.45) is 0 Å². The van der Waals surface area contributed by atoms with E-state index in [0.717, 1.165) is 12.1 Å². The number of aromatic amines is 6. The third-order valence-electron chi connectivity index (χ3n) is 3.80. The van der Waals surface area contributed by atoms with Crippen molar-refractivity contribution in [3.8, 4) is 0 Å². The van der Waals surface area contributed by atoms with E-state index in [-0.39, 0.29) is 27.6 Å². The van der Waals surface area contributed by atoms with Crippen LogP contribution in [0.25, 0.3) is 0 Å². The van der Waals surface area contributed by atoms with Crippen LogP contribution in [0.4, 0.5) is 0 Å². The molecule has 226 valence electrons. The number of carbonyl (C=O) groups is 2. The molecule has 0 unspecified atom stereocenters. The van der Waals surface area contributed by atoms with Crippen LogP contribution in [0.2, 0.25) is 0 Å². The molecule has 0 aliphatic heterocycles. The van der Waals surface area contributed by atoms with Gasteiger partial charge < -0.3 is 49.7 Å². The number of carboxylic acid groups (broad SMARTS) is 2. The Kier molecular flexibility index (Phi) is 23.6. The van der Waals surface area contributed by atoms with E-state index >= 15 is 0 Å². The quantitative estimate of drug-likeness (QED) is 0.147. The van der Waals surface area contributed by atoms with Gasteiger partial charge in [0.1, 0.15) is 0 Å². The van der Waals surface area contributed by atoms with Crippen LogP contribution in [0.15, 0.2) is 137 Å². The molecule has 43 heavy (non-hydrogen) atoms. The molecule has 1 aromatic carbocycles. The van der Waals surface area contributed by atoms with Gasteiger partial charge >= 0.3 is 16.5 Å². The largest absolute Gasteiger partial charge is 2.00 e. The van der Waals surface area contributed by atoms with E-state index in [4.69, 9.17) is 0 Å². The van der Waals surface area contributed by atoms with E-state index in [0.29, 0.717) is 0 Å². The Balaban J connectivity index is 0.000000494. The number of aromatic nitrogens is 12. The van der Waals surface area contributed by atoms with Crippen LogP contribution in [0.5, 0.6) is 0 Å². The SMILES string of the molecule is O=C([O-])c1ccccc1C(=O)[O-].[Ni+2].c1c[nH]cn1.c1c[nH]cn1.c1c[nH]cn1.c1c[nH]cn1.c1c[nH]cn1.c1c[nH]cn1. The van der Waals surface area contributed by atoms with Gasteiger partial charge in [-0.25, -0.2) is 29.9 Å². The zero-order chi connectivity index (χ0) is 30.4. The number of hydrogen-bond donors (Lipinski definition) is 6. The van der Waals surface area contributed by atoms with E-state index in [2.05, 4.69) is 59.8 Å². The van der Waals surface area contributed by atoms with Crippen molar-refractivity contribution >= 4 is 11.9 Å². The number of aromatic carboxylic acids is 2. The van der Waals surface area contributed by atoms with E-state index in [1.165, 1.54) is 12.1 Å². The maximum Gasteiger partial charge on any atom is 2.00 e. The first-order valence-corrected chi connectivity index (χ1v) is 11.7. The first-order valence-electron chi connectivity index (χ1n) is 11.7. The summed E-state index contributed by atoms with van der Waals surface area (Å²) >= 11 is 0. The Bertz CT molecular complexity index is 1090. The summed E-state index contributed by atoms with van der Waals surface area (Å²) in [5, 5.41) is 20.6. The zero-order valence-electron chi connectivity index (χ0n) is 22.3. The summed E-state index contributed by atoms with van der Waals surface area (Å²) in [6.45, 7) is 0. The van der Waals surface area contributed by atoms with Gasteiger partial charge in [-0.3, -0.25) is 0 Å². The molecule has 0 fully saturated rings. The number of nitrogens with zero attached hydrogens (tertiary/aromatic N) is 6. The summed E-state index contributed by atoms with van der Waals surface area (Å²) in [4.78, 5) is 59.1. The van der Waals surface area contributed by atoms with Crippen LogP contribution in [0, 0.1) is 0 Å². The topological polar surface area (TPSA) is 252 Å². The molecular weight excluding hydrogens is 603 g/mol. The van der Waals surface area contributed by atoms with Gasteiger partial charge in [-0.2, -0.15) is 0 Å². The summed E-state index contributed by atoms with van der Waals surface area (Å²) in [6.07, 6.45) is 30.5. The summed E-state index contributed by atoms with van der Waals surface area (Å²) < 4.78 is 0. The molecule has 0 radical (unpaired) electrons. The second-order valence-electron chi connectivity index (χ2n) is 6.68. The van der Waals surface area contributed by atoms with Crippen LogP contribution in [-0.2, 0) is 16.5 Å². The molecule has 0 aliphatic carbocycles. The molecule has 6 N–H and O–H groups in total. The van der Waals surface area contributed by atoms with Crippen molar-refractivity contribution in [2.45, 2.75) is 0 Å². The predicted molar refractivity (Wildman–Crippen MR) is 147 cm³/mol. The second-order valence-corrected chi connectivity index (χ2v) is 6.68. The van der Waals surface area contributed by atoms with Gasteiger partial charge in [-0.15, -0.1) is 0 Å². The predicted octanol–water partition coefficient (Wildman–Crippen LogP) is 0.869. The van der Waals surface area contributed by atoms with Crippen molar-refractivity contribution in [2.75, 3.05) is 0 Å². The smallest absolute Gasteiger partial charge is 0.545 e. The fraction of sp³-hybridized carbons (Fsp3) is 0. The minimum Gasteiger partial charge on any atom is -0.545 e. The number of benzene rings is 1. The molecule has 16 nitrogen and oxygen atoms in total. The van der Waals surface area contributed by atoms with Gasteiger partial charge in [0.2, 0.25) is 0 Å². The molecule has 6 aromatic heterocycles. The van der Waals surface area contributed by atoms with Crippen molar-refractivity contribution in [3.05, 3.63) is 148 Å². The number of rotatable bonds is 2. The molecule has 0 bridgehead atoms. The molecule has 0 spiro atoms. The summed E-state index contributed by atoms with van der Waals surface area (Å²) in [5.41, 5.74) is -0.727. The first kappa shape index (κ1) is 36.9. The van der Waals surface area contributed by atoms with E-state index in [9.17, 15) is 19.8 Å². The fourth-order valence-corrected chi connectivity index (χ4v) is 2.13. The standard InChI is InChI=1S/C8H6O4.6C3H4N2.Ni/c9-7(10)5-3-1-2-4-6(5)8(11)12;6*1-2-5-3-4-1;/h1-4H,(H,9,10)(H,11,12);6*1-3H,(H,4,5);/q;;;;;;;+2/p-2. The van der Waals surface area contributed by atoms with Crippen molar-refractivity contribution in [1.82, 2.24) is 59.8 Å². The third-order valence-corrected chi connectivity index (χ3v) is 3.80. The molecule has 0 aliphatic rings. The van der Waals surface area contributed by atoms with Crippen molar-refractivity contribution in [3.63, 3.8) is 0 Å². The summed E-state index contributed by atoms with van der Waals surface area (Å²) in [7, 11) is 0. The molecule has 0 saturated heterocycles. The van der Waals surface area contributed by atoms with Gasteiger partial charge in [-0.1, -0.05) is 24.3 Å². The summed E-state index contributed by atoms with van der Waals surface area (Å²) in [6, 6.07) is 5.14. The maximum atomic E-state index is 10.3. The Hall–Kier alpha value is -6.09. The minimum absolute atomic E-state index is 0. The Morgan fingerprint density at radius 1 is 0.442 bits per heavy atom. The van der Waals surface area contributed by atoms with Gasteiger partial charge in [0.25, 0.3) is 0 Å². The monoisotopic (exact) mass is 630 g/mol. The third kappa shape index (κ3) is 22.4. The minimum atomic E-state index is -1.52. The normalized spacial score (nSPS) is 8.19. The van der Waals surface area contributed by atoms with Crippen molar-refractivity contribution < 1.29 is 36.3 Å². The van der Waals surface area contributed by atoms with Crippen LogP contribution >= 0.6 is 0 Å². The number of imidazole rings is 6. The van der Waals surface area contributed by atoms with Crippen molar-refractivity contribution in [1.29, 1.82) is 0 Å². The Morgan fingerprint density at radius 3 is 0.744 bits per heavy atom. The zero-order valence-corrected chi connectivity index (χ0v) is 23.3. The molecule has 6 heterocycles. The molecule has 0 amide bonds. The fourth-order valence-electron chi connectivity index (χ4n) is 2.13. The van der Waals surface area contributed by atoms with E-state index < -0.39 is 11.9 Å². The molecular formula is C26H28N12NiO4. The van der Waals surface area contributed by atoms with Gasteiger partial charge in [-0.05, 0) is 0 Å². The number of carbonyl (C=O) groups excluding carboxylic acids is 2. The van der Waals surface area contributed by atoms with Crippen LogP contribution in [0.1, 0.15) is 20.7 Å². The maximum absolute atomic E-state index is 10.3. The van der Waals surface area contributed by atoms with Crippen LogP contribution in [0.3, 0.4) is 0 Å². The average molecular weight is 631 g/mol. The van der Waals surface area contributed by atoms with Gasteiger partial charge in [0, 0.05) is 85.5 Å². The average Bonchev–Trinajstić information content (AvgIpc) is 3.92. The van der Waals surface area contributed by atoms with Gasteiger partial charge in [0.15, 0.2) is 0 Å². The Morgan fingerprint density at radius 2 is 0.651 bits per heavy atom. The number of nitrogens with one attached hydrogen (secondary N) is 6. The first-order chi connectivity index (χ1) is 20.6. The molecule has 7 rings (SSSR count). The molecule has 7 aromatic rings. The molecule has 0 saturated carbocycles. The van der Waals surface area contributed by atoms with E-state index in [1.54, 1.807) is 112 Å². The molecule has 0 atom stereocenters. The van der Waals surface area contributed by atoms with Crippen LogP contribution < -0.4 is 10.2 Å². The van der Waals surface area contributed by atoms with E-state index in [1.807, 2.05) is 0 Å². The number of H-pyrrole nitrogens is 6. The summed E-state index contributed by atoms with van der Waals surface area (Å²) in [5.74, 6) is -3.04. The molecule has 17 heteroatoms. The number of carboxylic acids is 2. The van der Waals surface area contributed by atoms with Gasteiger partial charge in [0.05, 0.1) is 49.9 Å². The number of hydrogen-bond acceptors (Lipinski definition) is 10.